The maximum atomic E-state index is 13.9. The van der Waals surface area contributed by atoms with Crippen LogP contribution < -0.4 is 10.6 Å². The Balaban J connectivity index is 1.96. The first-order chi connectivity index (χ1) is 9.63. The molecule has 1 aromatic carbocycles. The third-order valence-corrected chi connectivity index (χ3v) is 4.17. The van der Waals surface area contributed by atoms with Crippen molar-refractivity contribution in [1.82, 2.24) is 10.6 Å². The molecule has 0 aliphatic carbocycles. The van der Waals surface area contributed by atoms with Crippen LogP contribution in [-0.4, -0.2) is 25.0 Å². The molecule has 1 amide bonds. The lowest BCUT2D eigenvalue weighted by molar-refractivity contribution is 0.0938. The number of benzene rings is 1. The quantitative estimate of drug-likeness (QED) is 0.889. The summed E-state index contributed by atoms with van der Waals surface area (Å²) >= 11 is 0. The van der Waals surface area contributed by atoms with Gasteiger partial charge in [0.2, 0.25) is 0 Å². The van der Waals surface area contributed by atoms with Crippen molar-refractivity contribution in [3.8, 4) is 0 Å². The summed E-state index contributed by atoms with van der Waals surface area (Å²) in [4.78, 5) is 12.1. The number of piperidine rings is 1. The van der Waals surface area contributed by atoms with E-state index in [4.69, 9.17) is 0 Å². The van der Waals surface area contributed by atoms with Crippen LogP contribution in [-0.2, 0) is 0 Å². The summed E-state index contributed by atoms with van der Waals surface area (Å²) < 4.78 is 13.9. The Bertz CT molecular complexity index is 476. The van der Waals surface area contributed by atoms with Crippen LogP contribution in [0.5, 0.6) is 0 Å². The van der Waals surface area contributed by atoms with E-state index in [1.807, 2.05) is 0 Å². The molecule has 0 saturated carbocycles. The molecule has 2 unspecified atom stereocenters. The zero-order valence-corrected chi connectivity index (χ0v) is 12.2. The lowest BCUT2D eigenvalue weighted by Crippen LogP contribution is -2.48. The minimum Gasteiger partial charge on any atom is -0.350 e. The molecule has 0 spiro atoms. The molecule has 110 valence electrons. The number of amides is 1. The van der Waals surface area contributed by atoms with Crippen LogP contribution in [0.2, 0.25) is 0 Å². The highest BCUT2D eigenvalue weighted by atomic mass is 19.1. The monoisotopic (exact) mass is 278 g/mol. The van der Waals surface area contributed by atoms with E-state index in [1.165, 1.54) is 18.9 Å². The Morgan fingerprint density at radius 3 is 3.05 bits per heavy atom. The van der Waals surface area contributed by atoms with Crippen molar-refractivity contribution in [2.75, 3.05) is 13.1 Å². The van der Waals surface area contributed by atoms with E-state index in [0.29, 0.717) is 24.1 Å². The molecule has 1 aliphatic heterocycles. The molecule has 2 atom stereocenters. The molecule has 1 saturated heterocycles. The van der Waals surface area contributed by atoms with Gasteiger partial charge >= 0.3 is 0 Å². The predicted octanol–water partition coefficient (Wildman–Crippen LogP) is 2.64. The highest BCUT2D eigenvalue weighted by Gasteiger charge is 2.24. The van der Waals surface area contributed by atoms with Crippen molar-refractivity contribution in [2.45, 2.75) is 39.2 Å². The van der Waals surface area contributed by atoms with Crippen LogP contribution in [0.15, 0.2) is 18.2 Å². The van der Waals surface area contributed by atoms with Gasteiger partial charge in [-0.05, 0) is 43.9 Å². The summed E-state index contributed by atoms with van der Waals surface area (Å²) in [6, 6.07) is 5.21. The van der Waals surface area contributed by atoms with Gasteiger partial charge < -0.3 is 10.6 Å². The second-order valence-corrected chi connectivity index (χ2v) is 5.52. The van der Waals surface area contributed by atoms with E-state index in [0.717, 1.165) is 13.0 Å². The number of rotatable bonds is 4. The van der Waals surface area contributed by atoms with Crippen LogP contribution in [0.3, 0.4) is 0 Å². The van der Waals surface area contributed by atoms with Crippen molar-refractivity contribution in [2.24, 2.45) is 5.92 Å². The predicted molar refractivity (Wildman–Crippen MR) is 78.3 cm³/mol. The fourth-order valence-electron chi connectivity index (χ4n) is 2.87. The van der Waals surface area contributed by atoms with Gasteiger partial charge in [0, 0.05) is 12.6 Å². The Kier molecular flexibility index (Phi) is 5.12. The highest BCUT2D eigenvalue weighted by Crippen LogP contribution is 2.19. The summed E-state index contributed by atoms with van der Waals surface area (Å²) in [7, 11) is 0. The number of carbonyl (C=O) groups is 1. The molecular formula is C16H23FN2O. The molecule has 3 nitrogen and oxygen atoms in total. The number of nitrogens with one attached hydrogen (secondary N) is 2. The third-order valence-electron chi connectivity index (χ3n) is 4.17. The first-order valence-electron chi connectivity index (χ1n) is 7.40. The van der Waals surface area contributed by atoms with Gasteiger partial charge in [-0.25, -0.2) is 4.39 Å². The Labute approximate surface area is 120 Å². The van der Waals surface area contributed by atoms with Crippen molar-refractivity contribution in [1.29, 1.82) is 0 Å². The largest absolute Gasteiger partial charge is 0.350 e. The SMILES string of the molecule is CCC1CCCNC1CNC(=O)c1cccc(C)c1F. The minimum atomic E-state index is -0.423. The van der Waals surface area contributed by atoms with E-state index in [1.54, 1.807) is 19.1 Å². The molecule has 1 fully saturated rings. The van der Waals surface area contributed by atoms with Crippen LogP contribution in [0.25, 0.3) is 0 Å². The van der Waals surface area contributed by atoms with Gasteiger partial charge in [0.15, 0.2) is 0 Å². The zero-order valence-electron chi connectivity index (χ0n) is 12.2. The van der Waals surface area contributed by atoms with Gasteiger partial charge in [-0.3, -0.25) is 4.79 Å². The number of carbonyl (C=O) groups excluding carboxylic acids is 1. The van der Waals surface area contributed by atoms with Gasteiger partial charge in [0.1, 0.15) is 5.82 Å². The fraction of sp³-hybridized carbons (Fsp3) is 0.562. The van der Waals surface area contributed by atoms with Gasteiger partial charge in [-0.15, -0.1) is 0 Å². The first kappa shape index (κ1) is 15.0. The molecule has 0 aromatic heterocycles. The fourth-order valence-corrected chi connectivity index (χ4v) is 2.87. The third kappa shape index (κ3) is 3.37. The number of halogens is 1. The van der Waals surface area contributed by atoms with E-state index in [-0.39, 0.29) is 11.5 Å². The number of hydrogen-bond acceptors (Lipinski definition) is 2. The number of hydrogen-bond donors (Lipinski definition) is 2. The molecule has 0 bridgehead atoms. The van der Waals surface area contributed by atoms with Gasteiger partial charge in [-0.1, -0.05) is 25.5 Å². The van der Waals surface area contributed by atoms with E-state index in [2.05, 4.69) is 17.6 Å². The Hall–Kier alpha value is -1.42. The average Bonchev–Trinajstić information content (AvgIpc) is 2.48. The topological polar surface area (TPSA) is 41.1 Å². The van der Waals surface area contributed by atoms with Gasteiger partial charge in [0.05, 0.1) is 5.56 Å². The van der Waals surface area contributed by atoms with Crippen LogP contribution in [0.1, 0.15) is 42.1 Å². The second kappa shape index (κ2) is 6.84. The molecule has 2 rings (SSSR count). The highest BCUT2D eigenvalue weighted by molar-refractivity contribution is 5.94. The molecule has 4 heteroatoms. The molecule has 1 heterocycles. The van der Waals surface area contributed by atoms with Crippen molar-refractivity contribution >= 4 is 5.91 Å². The molecular weight excluding hydrogens is 255 g/mol. The lowest BCUT2D eigenvalue weighted by Gasteiger charge is -2.32. The lowest BCUT2D eigenvalue weighted by atomic mass is 9.88. The standard InChI is InChI=1S/C16H23FN2O/c1-3-12-7-5-9-18-14(12)10-19-16(20)13-8-4-6-11(2)15(13)17/h4,6,8,12,14,18H,3,5,7,9-10H2,1-2H3,(H,19,20). The maximum absolute atomic E-state index is 13.9. The molecule has 1 aromatic rings. The minimum absolute atomic E-state index is 0.133. The molecule has 20 heavy (non-hydrogen) atoms. The zero-order chi connectivity index (χ0) is 14.5. The van der Waals surface area contributed by atoms with Crippen molar-refractivity contribution in [3.05, 3.63) is 35.1 Å². The van der Waals surface area contributed by atoms with E-state index >= 15 is 0 Å². The first-order valence-corrected chi connectivity index (χ1v) is 7.40. The Morgan fingerprint density at radius 2 is 2.30 bits per heavy atom. The van der Waals surface area contributed by atoms with Gasteiger partial charge in [0.25, 0.3) is 5.91 Å². The Morgan fingerprint density at radius 1 is 1.50 bits per heavy atom. The van der Waals surface area contributed by atoms with Crippen molar-refractivity contribution in [3.63, 3.8) is 0 Å². The normalized spacial score (nSPS) is 22.6. The maximum Gasteiger partial charge on any atom is 0.254 e. The van der Waals surface area contributed by atoms with E-state index < -0.39 is 5.82 Å². The summed E-state index contributed by atoms with van der Waals surface area (Å²) in [5.41, 5.74) is 0.633. The molecule has 2 N–H and O–H groups in total. The average molecular weight is 278 g/mol. The smallest absolute Gasteiger partial charge is 0.254 e. The summed E-state index contributed by atoms with van der Waals surface area (Å²) in [6.07, 6.45) is 3.49. The second-order valence-electron chi connectivity index (χ2n) is 5.52. The van der Waals surface area contributed by atoms with E-state index in [9.17, 15) is 9.18 Å². The summed E-state index contributed by atoms with van der Waals surface area (Å²) in [5, 5.41) is 6.30. The van der Waals surface area contributed by atoms with Crippen LogP contribution >= 0.6 is 0 Å². The van der Waals surface area contributed by atoms with Crippen molar-refractivity contribution < 1.29 is 9.18 Å². The van der Waals surface area contributed by atoms with Crippen LogP contribution in [0, 0.1) is 18.7 Å². The summed E-state index contributed by atoms with van der Waals surface area (Å²) in [6.45, 7) is 5.40. The van der Waals surface area contributed by atoms with Gasteiger partial charge in [-0.2, -0.15) is 0 Å². The molecule has 0 radical (unpaired) electrons. The molecule has 1 aliphatic rings. The number of aryl methyl sites for hydroxylation is 1. The van der Waals surface area contributed by atoms with Crippen LogP contribution in [0.4, 0.5) is 4.39 Å². The summed E-state index contributed by atoms with van der Waals surface area (Å²) in [5.74, 6) is -0.159.